The average Bonchev–Trinajstić information content (AvgIpc) is 2.53. The van der Waals surface area contributed by atoms with E-state index in [1.165, 1.54) is 6.92 Å². The zero-order chi connectivity index (χ0) is 17.4. The van der Waals surface area contributed by atoms with Crippen LogP contribution >= 0.6 is 31.9 Å². The molecule has 3 unspecified atom stereocenters. The number of fused-ring (bicyclic) bond motifs is 1. The van der Waals surface area contributed by atoms with E-state index in [0.29, 0.717) is 10.6 Å². The van der Waals surface area contributed by atoms with Crippen molar-refractivity contribution >= 4 is 48.7 Å². The molecule has 2 aromatic rings. The molecule has 1 aliphatic rings. The number of carbonyl (C=O) groups is 1. The minimum atomic E-state index is -0.335. The van der Waals surface area contributed by atoms with Crippen molar-refractivity contribution in [3.8, 4) is 5.75 Å². The van der Waals surface area contributed by atoms with Gasteiger partial charge in [-0.2, -0.15) is 0 Å². The minimum Gasteiger partial charge on any atom is -0.426 e. The van der Waals surface area contributed by atoms with Crippen LogP contribution in [0.15, 0.2) is 29.1 Å². The standard InChI is InChI=1S/C18H19Br2NO3/c1-10(22)24-15-8-7-14-11(6-9-16(23)21(14)2)17(15)12-4-3-5-13(19)18(12)20/h6-9,12-13,18H,3-5H2,1-2H3. The lowest BCUT2D eigenvalue weighted by atomic mass is 9.81. The molecular formula is C18H19Br2NO3. The first-order valence-corrected chi connectivity index (χ1v) is 9.82. The Morgan fingerprint density at radius 1 is 1.21 bits per heavy atom. The largest absolute Gasteiger partial charge is 0.426 e. The molecule has 0 aliphatic heterocycles. The van der Waals surface area contributed by atoms with Crippen LogP contribution in [0.25, 0.3) is 10.9 Å². The van der Waals surface area contributed by atoms with Gasteiger partial charge in [-0.25, -0.2) is 0 Å². The SMILES string of the molecule is CC(=O)Oc1ccc2c(ccc(=O)n2C)c1C1CCCC(Br)C1Br. The van der Waals surface area contributed by atoms with Gasteiger partial charge in [0.05, 0.1) is 5.52 Å². The van der Waals surface area contributed by atoms with Gasteiger partial charge in [0.15, 0.2) is 0 Å². The fourth-order valence-corrected chi connectivity index (χ4v) is 4.98. The van der Waals surface area contributed by atoms with Gasteiger partial charge in [-0.15, -0.1) is 0 Å². The van der Waals surface area contributed by atoms with E-state index in [1.54, 1.807) is 23.7 Å². The van der Waals surface area contributed by atoms with E-state index in [1.807, 2.05) is 12.1 Å². The van der Waals surface area contributed by atoms with Crippen LogP contribution in [0, 0.1) is 0 Å². The molecule has 0 radical (unpaired) electrons. The second-order valence-electron chi connectivity index (χ2n) is 6.23. The summed E-state index contributed by atoms with van der Waals surface area (Å²) in [4.78, 5) is 24.1. The van der Waals surface area contributed by atoms with Crippen molar-refractivity contribution in [2.24, 2.45) is 7.05 Å². The quantitative estimate of drug-likeness (QED) is 0.385. The zero-order valence-corrected chi connectivity index (χ0v) is 16.8. The van der Waals surface area contributed by atoms with Crippen LogP contribution in [0.2, 0.25) is 0 Å². The number of ether oxygens (including phenoxy) is 1. The minimum absolute atomic E-state index is 0.0499. The van der Waals surface area contributed by atoms with Crippen molar-refractivity contribution in [3.63, 3.8) is 0 Å². The summed E-state index contributed by atoms with van der Waals surface area (Å²) < 4.78 is 7.13. The first kappa shape index (κ1) is 17.7. The Hall–Kier alpha value is -1.14. The van der Waals surface area contributed by atoms with Gasteiger partial charge >= 0.3 is 5.97 Å². The van der Waals surface area contributed by atoms with E-state index in [2.05, 4.69) is 31.9 Å². The molecule has 0 N–H and O–H groups in total. The van der Waals surface area contributed by atoms with E-state index >= 15 is 0 Å². The lowest BCUT2D eigenvalue weighted by Gasteiger charge is -2.33. The molecule has 1 aliphatic carbocycles. The van der Waals surface area contributed by atoms with E-state index in [-0.39, 0.29) is 22.3 Å². The Balaban J connectivity index is 2.26. The van der Waals surface area contributed by atoms with Gasteiger partial charge in [-0.3, -0.25) is 9.59 Å². The Morgan fingerprint density at radius 3 is 2.67 bits per heavy atom. The van der Waals surface area contributed by atoms with Gasteiger partial charge in [0.25, 0.3) is 5.56 Å². The van der Waals surface area contributed by atoms with Gasteiger partial charge in [0.1, 0.15) is 5.75 Å². The van der Waals surface area contributed by atoms with Crippen molar-refractivity contribution in [2.75, 3.05) is 0 Å². The fourth-order valence-electron chi connectivity index (χ4n) is 3.49. The Bertz CT molecular complexity index is 846. The number of pyridine rings is 1. The molecule has 1 heterocycles. The van der Waals surface area contributed by atoms with E-state index in [9.17, 15) is 9.59 Å². The monoisotopic (exact) mass is 455 g/mol. The van der Waals surface area contributed by atoms with Gasteiger partial charge in [-0.05, 0) is 31.0 Å². The summed E-state index contributed by atoms with van der Waals surface area (Å²) in [5.74, 6) is 0.459. The predicted octanol–water partition coefficient (Wildman–Crippen LogP) is 4.26. The summed E-state index contributed by atoms with van der Waals surface area (Å²) in [6.45, 7) is 1.41. The van der Waals surface area contributed by atoms with E-state index in [4.69, 9.17) is 4.74 Å². The third kappa shape index (κ3) is 3.18. The molecule has 1 aromatic carbocycles. The first-order chi connectivity index (χ1) is 11.4. The van der Waals surface area contributed by atoms with Crippen LogP contribution in [0.3, 0.4) is 0 Å². The smallest absolute Gasteiger partial charge is 0.308 e. The van der Waals surface area contributed by atoms with Crippen LogP contribution in [-0.4, -0.2) is 20.2 Å². The molecule has 0 amide bonds. The van der Waals surface area contributed by atoms with Crippen LogP contribution in [0.1, 0.15) is 37.7 Å². The molecule has 1 aromatic heterocycles. The molecule has 128 valence electrons. The lowest BCUT2D eigenvalue weighted by Crippen LogP contribution is -2.28. The third-order valence-corrected chi connectivity index (χ3v) is 7.67. The topological polar surface area (TPSA) is 48.3 Å². The third-order valence-electron chi connectivity index (χ3n) is 4.66. The van der Waals surface area contributed by atoms with E-state index < -0.39 is 0 Å². The van der Waals surface area contributed by atoms with E-state index in [0.717, 1.165) is 35.7 Å². The average molecular weight is 457 g/mol. The highest BCUT2D eigenvalue weighted by Crippen LogP contribution is 2.46. The summed E-state index contributed by atoms with van der Waals surface area (Å²) in [5.41, 5.74) is 1.81. The summed E-state index contributed by atoms with van der Waals surface area (Å²) in [5, 5.41) is 0.965. The van der Waals surface area contributed by atoms with Crippen molar-refractivity contribution < 1.29 is 9.53 Å². The van der Waals surface area contributed by atoms with Crippen molar-refractivity contribution in [1.29, 1.82) is 0 Å². The summed E-state index contributed by atoms with van der Waals surface area (Å²) in [6, 6.07) is 7.06. The summed E-state index contributed by atoms with van der Waals surface area (Å²) >= 11 is 7.57. The van der Waals surface area contributed by atoms with Crippen molar-refractivity contribution in [1.82, 2.24) is 4.57 Å². The van der Waals surface area contributed by atoms with Crippen LogP contribution < -0.4 is 10.3 Å². The predicted molar refractivity (Wildman–Crippen MR) is 103 cm³/mol. The molecule has 0 bridgehead atoms. The Kier molecular flexibility index (Phi) is 5.16. The lowest BCUT2D eigenvalue weighted by molar-refractivity contribution is -0.131. The number of rotatable bonds is 2. The molecule has 24 heavy (non-hydrogen) atoms. The highest BCUT2D eigenvalue weighted by molar-refractivity contribution is 9.12. The highest BCUT2D eigenvalue weighted by atomic mass is 79.9. The molecule has 1 fully saturated rings. The molecule has 3 atom stereocenters. The second kappa shape index (κ2) is 7.00. The fraction of sp³-hybridized carbons (Fsp3) is 0.444. The van der Waals surface area contributed by atoms with Gasteiger partial charge < -0.3 is 9.30 Å². The second-order valence-corrected chi connectivity index (χ2v) is 8.47. The first-order valence-electron chi connectivity index (χ1n) is 7.99. The van der Waals surface area contributed by atoms with Gasteiger partial charge in [-0.1, -0.05) is 38.3 Å². The van der Waals surface area contributed by atoms with Crippen LogP contribution in [0.5, 0.6) is 5.75 Å². The number of nitrogens with zero attached hydrogens (tertiary/aromatic N) is 1. The molecule has 4 nitrogen and oxygen atoms in total. The number of alkyl halides is 2. The van der Waals surface area contributed by atoms with Crippen molar-refractivity contribution in [2.45, 2.75) is 41.8 Å². The van der Waals surface area contributed by atoms with Gasteiger partial charge in [0.2, 0.25) is 0 Å². The number of aromatic nitrogens is 1. The van der Waals surface area contributed by atoms with Crippen molar-refractivity contribution in [3.05, 3.63) is 40.2 Å². The molecule has 3 rings (SSSR count). The Morgan fingerprint density at radius 2 is 1.96 bits per heavy atom. The Labute approximate surface area is 157 Å². The molecular weight excluding hydrogens is 438 g/mol. The number of halogens is 2. The summed E-state index contributed by atoms with van der Waals surface area (Å²) in [6.07, 6.45) is 3.22. The number of carbonyl (C=O) groups excluding carboxylic acids is 1. The number of hydrogen-bond acceptors (Lipinski definition) is 3. The number of aryl methyl sites for hydroxylation is 1. The van der Waals surface area contributed by atoms with Gasteiger partial charge in [0, 0.05) is 46.6 Å². The number of hydrogen-bond donors (Lipinski definition) is 0. The normalized spacial score (nSPS) is 24.1. The number of esters is 1. The number of benzene rings is 1. The van der Waals surface area contributed by atoms with Crippen LogP contribution in [0.4, 0.5) is 0 Å². The highest BCUT2D eigenvalue weighted by Gasteiger charge is 2.34. The maximum Gasteiger partial charge on any atom is 0.308 e. The molecule has 6 heteroatoms. The molecule has 0 spiro atoms. The summed E-state index contributed by atoms with van der Waals surface area (Å²) in [7, 11) is 1.76. The molecule has 1 saturated carbocycles. The maximum absolute atomic E-state index is 12.0. The van der Waals surface area contributed by atoms with Crippen LogP contribution in [-0.2, 0) is 11.8 Å². The molecule has 0 saturated heterocycles. The zero-order valence-electron chi connectivity index (χ0n) is 13.6. The maximum atomic E-state index is 12.0.